The molecule has 0 radical (unpaired) electrons. The lowest BCUT2D eigenvalue weighted by molar-refractivity contribution is 0.112. The van der Waals surface area contributed by atoms with Crippen molar-refractivity contribution in [2.75, 3.05) is 0 Å². The fraction of sp³-hybridized carbons (Fsp3) is 0.0769. The first-order valence-corrected chi connectivity index (χ1v) is 5.26. The molecule has 0 unspecified atom stereocenters. The van der Waals surface area contributed by atoms with Gasteiger partial charge in [-0.25, -0.2) is 4.98 Å². The molecule has 2 rings (SSSR count). The highest BCUT2D eigenvalue weighted by atomic mass is 35.5. The lowest BCUT2D eigenvalue weighted by Crippen LogP contribution is -1.85. The van der Waals surface area contributed by atoms with Gasteiger partial charge < -0.3 is 0 Å². The predicted octanol–water partition coefficient (Wildman–Crippen LogP) is 3.52. The van der Waals surface area contributed by atoms with Crippen molar-refractivity contribution in [2.45, 2.75) is 6.92 Å². The topological polar surface area (TPSA) is 30.0 Å². The van der Waals surface area contributed by atoms with Gasteiger partial charge in [0.1, 0.15) is 11.4 Å². The fourth-order valence-electron chi connectivity index (χ4n) is 1.47. The average Bonchev–Trinajstić information content (AvgIpc) is 2.33. The molecule has 1 aromatic carbocycles. The second-order valence-electron chi connectivity index (χ2n) is 3.57. The molecule has 0 bridgehead atoms. The number of carbonyl (C=O) groups excluding carboxylic acids is 1. The van der Waals surface area contributed by atoms with Gasteiger partial charge in [-0.1, -0.05) is 35.9 Å². The normalized spacial score (nSPS) is 10.1. The highest BCUT2D eigenvalue weighted by Crippen LogP contribution is 2.22. The number of aryl methyl sites for hydroxylation is 1. The Balaban J connectivity index is 2.42. The SMILES string of the molecule is Cc1cc(-c2ccc(C=O)cc2)cnc1Cl. The minimum absolute atomic E-state index is 0.522. The molecule has 3 heteroatoms. The Kier molecular flexibility index (Phi) is 3.02. The van der Waals surface area contributed by atoms with Crippen LogP contribution in [0.3, 0.4) is 0 Å². The summed E-state index contributed by atoms with van der Waals surface area (Å²) in [6.45, 7) is 1.92. The van der Waals surface area contributed by atoms with Crippen LogP contribution in [-0.2, 0) is 0 Å². The van der Waals surface area contributed by atoms with Gasteiger partial charge in [0.25, 0.3) is 0 Å². The molecular weight excluding hydrogens is 222 g/mol. The van der Waals surface area contributed by atoms with Crippen molar-refractivity contribution < 1.29 is 4.79 Å². The molecule has 0 saturated carbocycles. The van der Waals surface area contributed by atoms with Crippen LogP contribution in [-0.4, -0.2) is 11.3 Å². The number of aromatic nitrogens is 1. The molecule has 0 aliphatic heterocycles. The molecule has 1 aromatic heterocycles. The molecule has 0 spiro atoms. The van der Waals surface area contributed by atoms with Crippen LogP contribution in [0.1, 0.15) is 15.9 Å². The lowest BCUT2D eigenvalue weighted by Gasteiger charge is -2.03. The van der Waals surface area contributed by atoms with Crippen LogP contribution in [0.25, 0.3) is 11.1 Å². The molecule has 0 atom stereocenters. The summed E-state index contributed by atoms with van der Waals surface area (Å²) in [5, 5.41) is 0.522. The van der Waals surface area contributed by atoms with Crippen molar-refractivity contribution >= 4 is 17.9 Å². The summed E-state index contributed by atoms with van der Waals surface area (Å²) in [7, 11) is 0. The van der Waals surface area contributed by atoms with Crippen LogP contribution >= 0.6 is 11.6 Å². The van der Waals surface area contributed by atoms with E-state index in [2.05, 4.69) is 4.98 Å². The minimum atomic E-state index is 0.522. The summed E-state index contributed by atoms with van der Waals surface area (Å²) in [5.74, 6) is 0. The highest BCUT2D eigenvalue weighted by Gasteiger charge is 2.01. The quantitative estimate of drug-likeness (QED) is 0.585. The number of nitrogens with zero attached hydrogens (tertiary/aromatic N) is 1. The molecule has 2 nitrogen and oxygen atoms in total. The van der Waals surface area contributed by atoms with Gasteiger partial charge in [0.05, 0.1) is 0 Å². The average molecular weight is 232 g/mol. The first-order valence-electron chi connectivity index (χ1n) is 4.88. The molecule has 0 amide bonds. The Bertz CT molecular complexity index is 520. The summed E-state index contributed by atoms with van der Waals surface area (Å²) in [6, 6.07) is 9.34. The van der Waals surface area contributed by atoms with Crippen LogP contribution in [0.5, 0.6) is 0 Å². The van der Waals surface area contributed by atoms with Crippen LogP contribution in [0.2, 0.25) is 5.15 Å². The molecule has 0 N–H and O–H groups in total. The summed E-state index contributed by atoms with van der Waals surface area (Å²) >= 11 is 5.86. The smallest absolute Gasteiger partial charge is 0.150 e. The van der Waals surface area contributed by atoms with Crippen LogP contribution in [0.4, 0.5) is 0 Å². The summed E-state index contributed by atoms with van der Waals surface area (Å²) in [5.41, 5.74) is 3.64. The molecule has 80 valence electrons. The van der Waals surface area contributed by atoms with E-state index in [1.54, 1.807) is 18.3 Å². The lowest BCUT2D eigenvalue weighted by atomic mass is 10.0. The van der Waals surface area contributed by atoms with Crippen molar-refractivity contribution in [3.63, 3.8) is 0 Å². The van der Waals surface area contributed by atoms with E-state index in [0.717, 1.165) is 23.0 Å². The molecule has 16 heavy (non-hydrogen) atoms. The second-order valence-corrected chi connectivity index (χ2v) is 3.93. The number of hydrogen-bond acceptors (Lipinski definition) is 2. The molecule has 0 saturated heterocycles. The Morgan fingerprint density at radius 1 is 1.19 bits per heavy atom. The number of carbonyl (C=O) groups is 1. The van der Waals surface area contributed by atoms with Gasteiger partial charge in [0.15, 0.2) is 0 Å². The van der Waals surface area contributed by atoms with Crippen LogP contribution in [0, 0.1) is 6.92 Å². The van der Waals surface area contributed by atoms with Crippen molar-refractivity contribution in [2.24, 2.45) is 0 Å². The second kappa shape index (κ2) is 4.45. The maximum absolute atomic E-state index is 10.5. The standard InChI is InChI=1S/C13H10ClNO/c1-9-6-12(7-15-13(9)14)11-4-2-10(8-16)3-5-11/h2-8H,1H3. The van der Waals surface area contributed by atoms with Crippen LogP contribution in [0.15, 0.2) is 36.5 Å². The molecule has 0 aliphatic carbocycles. The zero-order valence-electron chi connectivity index (χ0n) is 8.77. The monoisotopic (exact) mass is 231 g/mol. The van der Waals surface area contributed by atoms with Gasteiger partial charge in [-0.15, -0.1) is 0 Å². The Morgan fingerprint density at radius 2 is 1.88 bits per heavy atom. The van der Waals surface area contributed by atoms with Gasteiger partial charge in [0, 0.05) is 17.3 Å². The third-order valence-electron chi connectivity index (χ3n) is 2.39. The predicted molar refractivity (Wildman–Crippen MR) is 64.8 cm³/mol. The van der Waals surface area contributed by atoms with Gasteiger partial charge in [-0.3, -0.25) is 4.79 Å². The van der Waals surface area contributed by atoms with Gasteiger partial charge in [0.2, 0.25) is 0 Å². The van der Waals surface area contributed by atoms with E-state index in [4.69, 9.17) is 11.6 Å². The molecule has 0 aliphatic rings. The molecular formula is C13H10ClNO. The third-order valence-corrected chi connectivity index (χ3v) is 2.79. The van der Waals surface area contributed by atoms with E-state index >= 15 is 0 Å². The highest BCUT2D eigenvalue weighted by molar-refractivity contribution is 6.30. The van der Waals surface area contributed by atoms with Crippen molar-refractivity contribution in [3.05, 3.63) is 52.8 Å². The number of pyridine rings is 1. The molecule has 2 aromatic rings. The van der Waals surface area contributed by atoms with E-state index < -0.39 is 0 Å². The Hall–Kier alpha value is -1.67. The van der Waals surface area contributed by atoms with E-state index in [9.17, 15) is 4.79 Å². The number of aldehydes is 1. The largest absolute Gasteiger partial charge is 0.298 e. The molecule has 1 heterocycles. The summed E-state index contributed by atoms with van der Waals surface area (Å²) in [6.07, 6.45) is 2.56. The zero-order chi connectivity index (χ0) is 11.5. The first-order chi connectivity index (χ1) is 7.70. The molecule has 0 fully saturated rings. The zero-order valence-corrected chi connectivity index (χ0v) is 9.53. The van der Waals surface area contributed by atoms with E-state index in [1.807, 2.05) is 25.1 Å². The minimum Gasteiger partial charge on any atom is -0.298 e. The van der Waals surface area contributed by atoms with Gasteiger partial charge in [-0.05, 0) is 24.1 Å². The van der Waals surface area contributed by atoms with Gasteiger partial charge in [-0.2, -0.15) is 0 Å². The van der Waals surface area contributed by atoms with Crippen molar-refractivity contribution in [1.82, 2.24) is 4.98 Å². The first kappa shape index (κ1) is 10.8. The summed E-state index contributed by atoms with van der Waals surface area (Å²) < 4.78 is 0. The number of halogens is 1. The van der Waals surface area contributed by atoms with Crippen molar-refractivity contribution in [3.8, 4) is 11.1 Å². The summed E-state index contributed by atoms with van der Waals surface area (Å²) in [4.78, 5) is 14.6. The third kappa shape index (κ3) is 2.12. The van der Waals surface area contributed by atoms with E-state index in [-0.39, 0.29) is 0 Å². The fourth-order valence-corrected chi connectivity index (χ4v) is 1.57. The van der Waals surface area contributed by atoms with Crippen LogP contribution < -0.4 is 0 Å². The van der Waals surface area contributed by atoms with Crippen molar-refractivity contribution in [1.29, 1.82) is 0 Å². The van der Waals surface area contributed by atoms with Gasteiger partial charge >= 0.3 is 0 Å². The number of rotatable bonds is 2. The maximum atomic E-state index is 10.5. The van der Waals surface area contributed by atoms with E-state index in [0.29, 0.717) is 10.7 Å². The van der Waals surface area contributed by atoms with E-state index in [1.165, 1.54) is 0 Å². The Morgan fingerprint density at radius 3 is 2.44 bits per heavy atom. The number of benzene rings is 1. The Labute approximate surface area is 98.9 Å². The number of hydrogen-bond donors (Lipinski definition) is 0. The maximum Gasteiger partial charge on any atom is 0.150 e.